The summed E-state index contributed by atoms with van der Waals surface area (Å²) in [5, 5.41) is 3.66. The zero-order valence-corrected chi connectivity index (χ0v) is 26.3. The normalized spacial score (nSPS) is 14.6. The maximum atomic E-state index is 14.0. The van der Waals surface area contributed by atoms with Crippen molar-refractivity contribution in [3.05, 3.63) is 54.6 Å². The minimum Gasteiger partial charge on any atom is -0.462 e. The number of aromatic nitrogens is 4. The number of nitrogen functional groups attached to an aromatic ring is 1. The number of esters is 1. The van der Waals surface area contributed by atoms with E-state index in [9.17, 15) is 9.36 Å². The van der Waals surface area contributed by atoms with E-state index in [1.807, 2.05) is 31.2 Å². The number of carbonyl (C=O) groups excluding carboxylic acids is 1. The summed E-state index contributed by atoms with van der Waals surface area (Å²) >= 11 is 0. The molecule has 0 spiro atoms. The van der Waals surface area contributed by atoms with E-state index < -0.39 is 19.8 Å². The van der Waals surface area contributed by atoms with Crippen molar-refractivity contribution in [2.75, 3.05) is 18.9 Å². The Labute approximate surface area is 251 Å². The highest BCUT2D eigenvalue weighted by molar-refractivity contribution is 7.52. The van der Waals surface area contributed by atoms with E-state index in [0.29, 0.717) is 31.0 Å². The van der Waals surface area contributed by atoms with Gasteiger partial charge in [0.15, 0.2) is 5.82 Å². The number of para-hydroxylation sites is 1. The van der Waals surface area contributed by atoms with E-state index in [1.165, 1.54) is 6.20 Å². The van der Waals surface area contributed by atoms with E-state index in [2.05, 4.69) is 26.5 Å². The summed E-state index contributed by atoms with van der Waals surface area (Å²) in [6.45, 7) is 9.93. The van der Waals surface area contributed by atoms with Gasteiger partial charge in [-0.3, -0.25) is 14.3 Å². The van der Waals surface area contributed by atoms with Crippen LogP contribution in [0.5, 0.6) is 5.75 Å². The van der Waals surface area contributed by atoms with Crippen LogP contribution in [0.4, 0.5) is 5.82 Å². The third-order valence-electron chi connectivity index (χ3n) is 6.68. The lowest BCUT2D eigenvalue weighted by Crippen LogP contribution is -2.36. The predicted molar refractivity (Wildman–Crippen MR) is 166 cm³/mol. The highest BCUT2D eigenvalue weighted by atomic mass is 31.2. The van der Waals surface area contributed by atoms with Crippen molar-refractivity contribution in [1.82, 2.24) is 24.6 Å². The lowest BCUT2D eigenvalue weighted by atomic mass is 10.1. The first-order valence-corrected chi connectivity index (χ1v) is 16.1. The molecule has 3 heterocycles. The summed E-state index contributed by atoms with van der Waals surface area (Å²) in [6.07, 6.45) is 4.78. The largest absolute Gasteiger partial charge is 0.462 e. The number of carbonyl (C=O) groups is 1. The number of ether oxygens (including phenoxy) is 2. The molecule has 12 nitrogen and oxygen atoms in total. The maximum absolute atomic E-state index is 14.0. The molecule has 1 aromatic carbocycles. The Kier molecular flexibility index (Phi) is 11.1. The van der Waals surface area contributed by atoms with Crippen LogP contribution >= 0.6 is 7.75 Å². The van der Waals surface area contributed by atoms with Gasteiger partial charge < -0.3 is 24.3 Å². The Bertz CT molecular complexity index is 1560. The molecule has 0 fully saturated rings. The quantitative estimate of drug-likeness (QED) is 0.114. The number of nitrogens with zero attached hydrogens (tertiary/aromatic N) is 4. The maximum Gasteiger partial charge on any atom is 0.459 e. The van der Waals surface area contributed by atoms with Crippen molar-refractivity contribution in [2.24, 2.45) is 0 Å². The smallest absolute Gasteiger partial charge is 0.459 e. The number of imidazole rings is 1. The van der Waals surface area contributed by atoms with Gasteiger partial charge in [-0.05, 0) is 58.7 Å². The summed E-state index contributed by atoms with van der Waals surface area (Å²) in [4.78, 5) is 26.0. The van der Waals surface area contributed by atoms with Gasteiger partial charge in [0.25, 0.3) is 0 Å². The van der Waals surface area contributed by atoms with Crippen LogP contribution in [0.15, 0.2) is 48.8 Å². The second-order valence-electron chi connectivity index (χ2n) is 10.4. The molecule has 0 amide bonds. The number of nitrogens with one attached hydrogen (secondary N) is 1. The van der Waals surface area contributed by atoms with E-state index in [4.69, 9.17) is 29.2 Å². The molecule has 43 heavy (non-hydrogen) atoms. The first-order valence-electron chi connectivity index (χ1n) is 14.6. The summed E-state index contributed by atoms with van der Waals surface area (Å²) < 4.78 is 38.9. The van der Waals surface area contributed by atoms with Crippen LogP contribution in [0.2, 0.25) is 0 Å². The number of hydrogen-bond acceptors (Lipinski definition) is 10. The number of pyridine rings is 2. The second kappa shape index (κ2) is 14.7. The zero-order valence-electron chi connectivity index (χ0n) is 25.4. The highest BCUT2D eigenvalue weighted by Gasteiger charge is 2.33. The third kappa shape index (κ3) is 8.08. The van der Waals surface area contributed by atoms with Gasteiger partial charge in [-0.2, -0.15) is 5.09 Å². The van der Waals surface area contributed by atoms with Gasteiger partial charge in [-0.1, -0.05) is 31.5 Å². The summed E-state index contributed by atoms with van der Waals surface area (Å²) in [5.41, 5.74) is 8.63. The Balaban J connectivity index is 1.65. The molecule has 0 unspecified atom stereocenters. The summed E-state index contributed by atoms with van der Waals surface area (Å²) in [5.74, 6) is 0.735. The molecule has 0 aliphatic heterocycles. The summed E-state index contributed by atoms with van der Waals surface area (Å²) in [7, 11) is -4.04. The standard InChI is InChI=1S/C30H41N6O6P/c1-6-11-22(36-26(19-39-7-2)34-27-28(36)24-13-8-9-14-25(24)33-29(27)31)15-17-40-43(38,42-23-12-10-16-32-18-23)35-21(5)30(37)41-20(3)4/h8-10,12-14,16,18,20-22H,6-7,11,15,17,19H2,1-5H3,(H2,31,33)(H,35,38)/t21-,22+,43+/m0/s1. The van der Waals surface area contributed by atoms with E-state index in [0.717, 1.165) is 35.1 Å². The van der Waals surface area contributed by atoms with E-state index in [1.54, 1.807) is 39.1 Å². The van der Waals surface area contributed by atoms with Gasteiger partial charge in [0.05, 0.1) is 29.9 Å². The number of rotatable bonds is 16. The zero-order chi connectivity index (χ0) is 31.0. The molecule has 0 aliphatic rings. The van der Waals surface area contributed by atoms with Crippen LogP contribution in [0, 0.1) is 0 Å². The highest BCUT2D eigenvalue weighted by Crippen LogP contribution is 2.45. The lowest BCUT2D eigenvalue weighted by Gasteiger charge is -2.25. The number of benzene rings is 1. The van der Waals surface area contributed by atoms with Crippen molar-refractivity contribution in [3.63, 3.8) is 0 Å². The number of anilines is 1. The Hall–Kier alpha value is -3.57. The van der Waals surface area contributed by atoms with Gasteiger partial charge in [-0.25, -0.2) is 14.5 Å². The molecule has 0 aliphatic carbocycles. The monoisotopic (exact) mass is 612 g/mol. The molecule has 0 bridgehead atoms. The van der Waals surface area contributed by atoms with Crippen LogP contribution in [-0.4, -0.2) is 50.8 Å². The average molecular weight is 613 g/mol. The summed E-state index contributed by atoms with van der Waals surface area (Å²) in [6, 6.07) is 10.0. The molecule has 0 saturated heterocycles. The number of nitrogens with two attached hydrogens (primary N) is 1. The third-order valence-corrected chi connectivity index (χ3v) is 8.36. The molecule has 4 rings (SSSR count). The van der Waals surface area contributed by atoms with Crippen LogP contribution in [0.25, 0.3) is 21.9 Å². The fourth-order valence-electron chi connectivity index (χ4n) is 4.86. The molecule has 13 heteroatoms. The van der Waals surface area contributed by atoms with E-state index in [-0.39, 0.29) is 24.5 Å². The van der Waals surface area contributed by atoms with Crippen molar-refractivity contribution in [1.29, 1.82) is 0 Å². The minimum atomic E-state index is -4.04. The van der Waals surface area contributed by atoms with Gasteiger partial charge in [0, 0.05) is 24.2 Å². The van der Waals surface area contributed by atoms with Crippen molar-refractivity contribution >= 4 is 41.5 Å². The Morgan fingerprint density at radius 3 is 2.58 bits per heavy atom. The Morgan fingerprint density at radius 2 is 1.88 bits per heavy atom. The molecule has 3 aromatic heterocycles. The average Bonchev–Trinajstić information content (AvgIpc) is 3.36. The van der Waals surface area contributed by atoms with E-state index >= 15 is 0 Å². The SMILES string of the molecule is CCC[C@H](CCO[P@](=O)(N[C@@H](C)C(=O)OC(C)C)Oc1cccnc1)n1c(COCC)nc2c(N)nc3ccccc3c21. The molecule has 232 valence electrons. The van der Waals surface area contributed by atoms with Crippen molar-refractivity contribution < 1.29 is 27.9 Å². The van der Waals surface area contributed by atoms with Crippen LogP contribution in [0.3, 0.4) is 0 Å². The molecule has 0 saturated carbocycles. The van der Waals surface area contributed by atoms with Crippen molar-refractivity contribution in [3.8, 4) is 5.75 Å². The minimum absolute atomic E-state index is 0.0490. The fourth-order valence-corrected chi connectivity index (χ4v) is 6.35. The second-order valence-corrected chi connectivity index (χ2v) is 12.1. The van der Waals surface area contributed by atoms with Gasteiger partial charge in [0.1, 0.15) is 29.7 Å². The first kappa shape index (κ1) is 32.3. The molecule has 3 atom stereocenters. The lowest BCUT2D eigenvalue weighted by molar-refractivity contribution is -0.149. The van der Waals surface area contributed by atoms with Crippen LogP contribution in [-0.2, 0) is 30.0 Å². The number of hydrogen-bond donors (Lipinski definition) is 2. The Morgan fingerprint density at radius 1 is 1.09 bits per heavy atom. The molecular formula is C30H41N6O6P. The topological polar surface area (TPSA) is 153 Å². The number of fused-ring (bicyclic) bond motifs is 3. The van der Waals surface area contributed by atoms with Gasteiger partial charge in [0.2, 0.25) is 0 Å². The van der Waals surface area contributed by atoms with Gasteiger partial charge in [-0.15, -0.1) is 0 Å². The molecule has 3 N–H and O–H groups in total. The van der Waals surface area contributed by atoms with Crippen LogP contribution in [0.1, 0.15) is 65.7 Å². The van der Waals surface area contributed by atoms with Gasteiger partial charge >= 0.3 is 13.7 Å². The van der Waals surface area contributed by atoms with Crippen molar-refractivity contribution in [2.45, 2.75) is 78.7 Å². The van der Waals surface area contributed by atoms with Crippen LogP contribution < -0.4 is 15.3 Å². The first-order chi connectivity index (χ1) is 20.7. The molecule has 4 aromatic rings. The fraction of sp³-hybridized carbons (Fsp3) is 0.467. The molecular weight excluding hydrogens is 571 g/mol. The molecule has 0 radical (unpaired) electrons. The predicted octanol–water partition coefficient (Wildman–Crippen LogP) is 5.96.